The number of benzene rings is 1. The first-order valence-electron chi connectivity index (χ1n) is 5.53. The summed E-state index contributed by atoms with van der Waals surface area (Å²) in [6.45, 7) is 3.58. The molecule has 0 aliphatic heterocycles. The van der Waals surface area contributed by atoms with Gasteiger partial charge in [-0.3, -0.25) is 4.79 Å². The minimum atomic E-state index is -0.220. The first kappa shape index (κ1) is 13.8. The number of carbonyl (C=O) groups is 1. The van der Waals surface area contributed by atoms with Gasteiger partial charge in [-0.1, -0.05) is 0 Å². The zero-order valence-corrected chi connectivity index (χ0v) is 10.6. The number of nitrogens with one attached hydrogen (secondary N) is 1. The molecule has 1 rings (SSSR count). The lowest BCUT2D eigenvalue weighted by atomic mass is 10.2. The van der Waals surface area contributed by atoms with Gasteiger partial charge in [0.05, 0.1) is 6.61 Å². The Morgan fingerprint density at radius 3 is 2.53 bits per heavy atom. The maximum Gasteiger partial charge on any atom is 0.239 e. The summed E-state index contributed by atoms with van der Waals surface area (Å²) >= 11 is 5.40. The Balaban J connectivity index is 2.69. The molecule has 17 heavy (non-hydrogen) atoms. The second-order valence-electron chi connectivity index (χ2n) is 3.53. The molecule has 94 valence electrons. The molecule has 0 heterocycles. The van der Waals surface area contributed by atoms with Crippen molar-refractivity contribution in [3.8, 4) is 0 Å². The van der Waals surface area contributed by atoms with Crippen LogP contribution in [0.5, 0.6) is 0 Å². The maximum absolute atomic E-state index is 11.1. The fourth-order valence-corrected chi connectivity index (χ4v) is 1.61. The average Bonchev–Trinajstić information content (AvgIpc) is 2.37. The number of likely N-dealkylation sites (N-methyl/N-ethyl adjacent to an activating group) is 1. The van der Waals surface area contributed by atoms with Crippen molar-refractivity contribution >= 4 is 28.9 Å². The lowest BCUT2D eigenvalue weighted by Crippen LogP contribution is -2.26. The van der Waals surface area contributed by atoms with Crippen molar-refractivity contribution in [1.29, 1.82) is 0 Å². The highest BCUT2D eigenvalue weighted by atomic mass is 35.5. The first-order valence-corrected chi connectivity index (χ1v) is 6.06. The predicted molar refractivity (Wildman–Crippen MR) is 70.8 cm³/mol. The monoisotopic (exact) mass is 256 g/mol. The molecular weight excluding hydrogens is 240 g/mol. The van der Waals surface area contributed by atoms with E-state index in [1.807, 2.05) is 36.1 Å². The number of aliphatic hydroxyl groups is 1. The van der Waals surface area contributed by atoms with E-state index in [1.165, 1.54) is 0 Å². The zero-order valence-electron chi connectivity index (χ0n) is 9.82. The van der Waals surface area contributed by atoms with Gasteiger partial charge in [-0.15, -0.1) is 11.6 Å². The molecule has 0 saturated heterocycles. The Morgan fingerprint density at radius 2 is 2.06 bits per heavy atom. The maximum atomic E-state index is 11.1. The fourth-order valence-electron chi connectivity index (χ4n) is 1.54. The molecule has 0 aliphatic rings. The number of hydrogen-bond donors (Lipinski definition) is 2. The van der Waals surface area contributed by atoms with Crippen LogP contribution in [0.2, 0.25) is 0 Å². The second-order valence-corrected chi connectivity index (χ2v) is 3.80. The Bertz CT molecular complexity index is 354. The van der Waals surface area contributed by atoms with Crippen molar-refractivity contribution < 1.29 is 9.90 Å². The number of nitrogens with zero attached hydrogens (tertiary/aromatic N) is 1. The van der Waals surface area contributed by atoms with Crippen LogP contribution in [-0.2, 0) is 4.79 Å². The lowest BCUT2D eigenvalue weighted by molar-refractivity contribution is -0.113. The van der Waals surface area contributed by atoms with E-state index >= 15 is 0 Å². The molecule has 1 amide bonds. The van der Waals surface area contributed by atoms with Crippen molar-refractivity contribution in [3.63, 3.8) is 0 Å². The summed E-state index contributed by atoms with van der Waals surface area (Å²) < 4.78 is 0. The van der Waals surface area contributed by atoms with E-state index in [4.69, 9.17) is 16.7 Å². The zero-order chi connectivity index (χ0) is 12.7. The SMILES string of the molecule is CCN(CCO)c1ccc(NC(=O)CCl)cc1. The lowest BCUT2D eigenvalue weighted by Gasteiger charge is -2.22. The molecule has 1 aromatic rings. The average molecular weight is 257 g/mol. The van der Waals surface area contributed by atoms with Crippen molar-refractivity contribution in [2.45, 2.75) is 6.92 Å². The van der Waals surface area contributed by atoms with Crippen molar-refractivity contribution in [2.75, 3.05) is 35.8 Å². The minimum absolute atomic E-state index is 0.0483. The molecule has 5 heteroatoms. The van der Waals surface area contributed by atoms with Gasteiger partial charge in [0.1, 0.15) is 5.88 Å². The molecule has 1 aromatic carbocycles. The molecular formula is C12H17ClN2O2. The largest absolute Gasteiger partial charge is 0.395 e. The Morgan fingerprint density at radius 1 is 1.41 bits per heavy atom. The van der Waals surface area contributed by atoms with Gasteiger partial charge in [0.25, 0.3) is 0 Å². The molecule has 0 aromatic heterocycles. The van der Waals surface area contributed by atoms with Gasteiger partial charge in [0.2, 0.25) is 5.91 Å². The van der Waals surface area contributed by atoms with Crippen LogP contribution in [0, 0.1) is 0 Å². The van der Waals surface area contributed by atoms with Crippen molar-refractivity contribution in [1.82, 2.24) is 0 Å². The predicted octanol–water partition coefficient (Wildman–Crippen LogP) is 1.68. The molecule has 0 aliphatic carbocycles. The molecule has 0 saturated carbocycles. The van der Waals surface area contributed by atoms with Gasteiger partial charge >= 0.3 is 0 Å². The molecule has 0 unspecified atom stereocenters. The number of anilines is 2. The molecule has 4 nitrogen and oxygen atoms in total. The van der Waals surface area contributed by atoms with Gasteiger partial charge < -0.3 is 15.3 Å². The van der Waals surface area contributed by atoms with Gasteiger partial charge in [-0.2, -0.15) is 0 Å². The van der Waals surface area contributed by atoms with Gasteiger partial charge in [-0.05, 0) is 31.2 Å². The highest BCUT2D eigenvalue weighted by molar-refractivity contribution is 6.29. The van der Waals surface area contributed by atoms with Crippen LogP contribution >= 0.6 is 11.6 Å². The summed E-state index contributed by atoms with van der Waals surface area (Å²) in [5.74, 6) is -0.269. The topological polar surface area (TPSA) is 52.6 Å². The first-order chi connectivity index (χ1) is 8.21. The van der Waals surface area contributed by atoms with Gasteiger partial charge in [-0.25, -0.2) is 0 Å². The van der Waals surface area contributed by atoms with Crippen LogP contribution < -0.4 is 10.2 Å². The van der Waals surface area contributed by atoms with Crippen LogP contribution in [0.1, 0.15) is 6.92 Å². The van der Waals surface area contributed by atoms with Gasteiger partial charge in [0.15, 0.2) is 0 Å². The van der Waals surface area contributed by atoms with Crippen molar-refractivity contribution in [2.24, 2.45) is 0 Å². The molecule has 0 spiro atoms. The molecule has 0 fully saturated rings. The normalized spacial score (nSPS) is 10.1. The van der Waals surface area contributed by atoms with Crippen LogP contribution in [0.25, 0.3) is 0 Å². The smallest absolute Gasteiger partial charge is 0.239 e. The Labute approximate surface area is 106 Å². The summed E-state index contributed by atoms with van der Waals surface area (Å²) in [6, 6.07) is 7.45. The fraction of sp³-hybridized carbons (Fsp3) is 0.417. The van der Waals surface area contributed by atoms with Crippen LogP contribution in [-0.4, -0.2) is 36.6 Å². The Hall–Kier alpha value is -1.26. The summed E-state index contributed by atoms with van der Waals surface area (Å²) in [7, 11) is 0. The summed E-state index contributed by atoms with van der Waals surface area (Å²) in [5, 5.41) is 11.6. The highest BCUT2D eigenvalue weighted by Crippen LogP contribution is 2.17. The van der Waals surface area contributed by atoms with E-state index in [1.54, 1.807) is 0 Å². The molecule has 2 N–H and O–H groups in total. The minimum Gasteiger partial charge on any atom is -0.395 e. The summed E-state index contributed by atoms with van der Waals surface area (Å²) in [6.07, 6.45) is 0. The van der Waals surface area contributed by atoms with Gasteiger partial charge in [0, 0.05) is 24.5 Å². The van der Waals surface area contributed by atoms with E-state index in [-0.39, 0.29) is 18.4 Å². The third kappa shape index (κ3) is 4.24. The summed E-state index contributed by atoms with van der Waals surface area (Å²) in [5.41, 5.74) is 1.74. The van der Waals surface area contributed by atoms with E-state index in [0.29, 0.717) is 6.54 Å². The third-order valence-electron chi connectivity index (χ3n) is 2.39. The molecule has 0 bridgehead atoms. The van der Waals surface area contributed by atoms with E-state index in [2.05, 4.69) is 5.32 Å². The quantitative estimate of drug-likeness (QED) is 0.762. The standard InChI is InChI=1S/C12H17ClN2O2/c1-2-15(7-8-16)11-5-3-10(4-6-11)14-12(17)9-13/h3-6,16H,2,7-9H2,1H3,(H,14,17). The number of rotatable bonds is 6. The van der Waals surface area contributed by atoms with Crippen LogP contribution in [0.3, 0.4) is 0 Å². The van der Waals surface area contributed by atoms with E-state index in [9.17, 15) is 4.79 Å². The third-order valence-corrected chi connectivity index (χ3v) is 2.63. The number of alkyl halides is 1. The van der Waals surface area contributed by atoms with Crippen LogP contribution in [0.15, 0.2) is 24.3 Å². The number of halogens is 1. The second kappa shape index (κ2) is 7.14. The Kier molecular flexibility index (Phi) is 5.80. The van der Waals surface area contributed by atoms with E-state index < -0.39 is 0 Å². The molecule has 0 radical (unpaired) electrons. The summed E-state index contributed by atoms with van der Waals surface area (Å²) in [4.78, 5) is 13.1. The number of amides is 1. The number of hydrogen-bond acceptors (Lipinski definition) is 3. The van der Waals surface area contributed by atoms with E-state index in [0.717, 1.165) is 17.9 Å². The molecule has 0 atom stereocenters. The number of aliphatic hydroxyl groups excluding tert-OH is 1. The number of carbonyl (C=O) groups excluding carboxylic acids is 1. The van der Waals surface area contributed by atoms with Crippen molar-refractivity contribution in [3.05, 3.63) is 24.3 Å². The van der Waals surface area contributed by atoms with Crippen LogP contribution in [0.4, 0.5) is 11.4 Å². The highest BCUT2D eigenvalue weighted by Gasteiger charge is 2.04.